The van der Waals surface area contributed by atoms with E-state index in [1.807, 2.05) is 41.1 Å². The van der Waals surface area contributed by atoms with Crippen molar-refractivity contribution in [1.29, 1.82) is 0 Å². The molecule has 1 N–H and O–H groups in total. The van der Waals surface area contributed by atoms with Gasteiger partial charge in [0.25, 0.3) is 5.22 Å². The minimum absolute atomic E-state index is 0.148. The molecule has 29 heavy (non-hydrogen) atoms. The predicted molar refractivity (Wildman–Crippen MR) is 114 cm³/mol. The van der Waals surface area contributed by atoms with Gasteiger partial charge in [-0.05, 0) is 36.2 Å². The Morgan fingerprint density at radius 1 is 1.17 bits per heavy atom. The van der Waals surface area contributed by atoms with Crippen molar-refractivity contribution in [2.24, 2.45) is 0 Å². The Balaban J connectivity index is 1.39. The van der Waals surface area contributed by atoms with Crippen molar-refractivity contribution < 1.29 is 9.21 Å². The van der Waals surface area contributed by atoms with E-state index >= 15 is 0 Å². The Labute approximate surface area is 172 Å². The molecule has 2 heterocycles. The Morgan fingerprint density at radius 3 is 2.83 bits per heavy atom. The van der Waals surface area contributed by atoms with E-state index in [0.717, 1.165) is 22.8 Å². The third-order valence-electron chi connectivity index (χ3n) is 4.68. The van der Waals surface area contributed by atoms with Crippen LogP contribution in [0.5, 0.6) is 0 Å². The van der Waals surface area contributed by atoms with E-state index in [0.29, 0.717) is 16.9 Å². The van der Waals surface area contributed by atoms with E-state index in [1.165, 1.54) is 11.8 Å². The van der Waals surface area contributed by atoms with Gasteiger partial charge >= 0.3 is 0 Å². The first-order chi connectivity index (χ1) is 14.1. The maximum Gasteiger partial charge on any atom is 0.277 e. The number of benzene rings is 2. The van der Waals surface area contributed by atoms with Crippen LogP contribution in [0.1, 0.15) is 26.3 Å². The highest BCUT2D eigenvalue weighted by atomic mass is 32.2. The van der Waals surface area contributed by atoms with Crippen molar-refractivity contribution >= 4 is 34.3 Å². The smallest absolute Gasteiger partial charge is 0.277 e. The molecule has 2 aromatic carbocycles. The second kappa shape index (κ2) is 8.48. The molecule has 0 spiro atoms. The van der Waals surface area contributed by atoms with Gasteiger partial charge in [0.05, 0.1) is 18.0 Å². The summed E-state index contributed by atoms with van der Waals surface area (Å²) in [4.78, 5) is 12.3. The first-order valence-corrected chi connectivity index (χ1v) is 10.4. The van der Waals surface area contributed by atoms with Crippen molar-refractivity contribution in [2.45, 2.75) is 31.5 Å². The average molecular weight is 407 g/mol. The monoisotopic (exact) mass is 407 g/mol. The zero-order valence-electron chi connectivity index (χ0n) is 16.2. The van der Waals surface area contributed by atoms with Crippen LogP contribution in [0, 0.1) is 0 Å². The summed E-state index contributed by atoms with van der Waals surface area (Å²) >= 11 is 1.21. The van der Waals surface area contributed by atoms with Gasteiger partial charge in [-0.2, -0.15) is 5.10 Å². The summed E-state index contributed by atoms with van der Waals surface area (Å²) in [5.74, 6) is 1.15. The number of nitrogens with one attached hydrogen (secondary N) is 1. The number of thioether (sulfide) groups is 1. The molecule has 1 amide bonds. The van der Waals surface area contributed by atoms with Gasteiger partial charge in [0.2, 0.25) is 11.8 Å². The highest BCUT2D eigenvalue weighted by Crippen LogP contribution is 2.26. The molecular weight excluding hydrogens is 386 g/mol. The van der Waals surface area contributed by atoms with Gasteiger partial charge in [-0.15, -0.1) is 10.2 Å². The fourth-order valence-electron chi connectivity index (χ4n) is 2.95. The number of amides is 1. The van der Waals surface area contributed by atoms with E-state index in [2.05, 4.69) is 40.5 Å². The van der Waals surface area contributed by atoms with Crippen LogP contribution in [0.2, 0.25) is 0 Å². The molecule has 0 aliphatic carbocycles. The number of anilines is 1. The van der Waals surface area contributed by atoms with E-state index < -0.39 is 0 Å². The first-order valence-electron chi connectivity index (χ1n) is 9.43. The third-order valence-corrected chi connectivity index (χ3v) is 5.49. The van der Waals surface area contributed by atoms with Crippen LogP contribution in [-0.4, -0.2) is 31.6 Å². The summed E-state index contributed by atoms with van der Waals surface area (Å²) in [5, 5.41) is 17.9. The number of hydrogen-bond acceptors (Lipinski definition) is 6. The van der Waals surface area contributed by atoms with Gasteiger partial charge in [0, 0.05) is 11.6 Å². The zero-order chi connectivity index (χ0) is 20.2. The minimum Gasteiger partial charge on any atom is -0.411 e. The standard InChI is InChI=1S/C21H21N5O2S/c1-3-14(2)26-18(10-11-22-26)23-19(27)13-29-21-25-24-20(28-21)17-9-8-15-6-4-5-7-16(15)12-17/h4-12,14H,3,13H2,1-2H3,(H,23,27). The SMILES string of the molecule is CCC(C)n1nccc1NC(=O)CSc1nnc(-c2ccc3ccccc3c2)o1. The molecule has 0 aliphatic rings. The lowest BCUT2D eigenvalue weighted by atomic mass is 10.1. The molecule has 4 aromatic rings. The van der Waals surface area contributed by atoms with Crippen molar-refractivity contribution in [3.05, 3.63) is 54.7 Å². The molecule has 8 heteroatoms. The van der Waals surface area contributed by atoms with E-state index in [1.54, 1.807) is 12.3 Å². The van der Waals surface area contributed by atoms with Gasteiger partial charge in [0.15, 0.2) is 0 Å². The molecule has 1 atom stereocenters. The summed E-state index contributed by atoms with van der Waals surface area (Å²) in [6.07, 6.45) is 2.61. The van der Waals surface area contributed by atoms with E-state index in [9.17, 15) is 4.79 Å². The molecule has 148 valence electrons. The molecule has 2 aromatic heterocycles. The third kappa shape index (κ3) is 4.32. The Bertz CT molecular complexity index is 1140. The van der Waals surface area contributed by atoms with Crippen molar-refractivity contribution in [3.63, 3.8) is 0 Å². The molecule has 0 radical (unpaired) electrons. The van der Waals surface area contributed by atoms with Crippen LogP contribution < -0.4 is 5.32 Å². The summed E-state index contributed by atoms with van der Waals surface area (Å²) in [6, 6.07) is 16.1. The van der Waals surface area contributed by atoms with Gasteiger partial charge in [0.1, 0.15) is 5.82 Å². The second-order valence-electron chi connectivity index (χ2n) is 6.69. The minimum atomic E-state index is -0.148. The number of fused-ring (bicyclic) bond motifs is 1. The first kappa shape index (κ1) is 19.2. The fourth-order valence-corrected chi connectivity index (χ4v) is 3.51. The molecule has 0 saturated heterocycles. The van der Waals surface area contributed by atoms with Crippen LogP contribution in [0.25, 0.3) is 22.2 Å². The molecule has 0 fully saturated rings. The molecule has 1 unspecified atom stereocenters. The highest BCUT2D eigenvalue weighted by Gasteiger charge is 2.14. The summed E-state index contributed by atoms with van der Waals surface area (Å²) in [5.41, 5.74) is 0.852. The average Bonchev–Trinajstić information content (AvgIpc) is 3.41. The molecule has 0 bridgehead atoms. The Hall–Kier alpha value is -3.13. The Kier molecular flexibility index (Phi) is 5.62. The number of carbonyl (C=O) groups is 1. The van der Waals surface area contributed by atoms with Gasteiger partial charge in [-0.3, -0.25) is 4.79 Å². The van der Waals surface area contributed by atoms with Crippen LogP contribution in [-0.2, 0) is 4.79 Å². The van der Waals surface area contributed by atoms with Crippen molar-refractivity contribution in [2.75, 3.05) is 11.1 Å². The predicted octanol–water partition coefficient (Wildman–Crippen LogP) is 4.79. The van der Waals surface area contributed by atoms with Crippen molar-refractivity contribution in [1.82, 2.24) is 20.0 Å². The molecule has 4 rings (SSSR count). The van der Waals surface area contributed by atoms with Gasteiger partial charge in [-0.25, -0.2) is 4.68 Å². The van der Waals surface area contributed by atoms with Gasteiger partial charge < -0.3 is 9.73 Å². The van der Waals surface area contributed by atoms with Crippen LogP contribution >= 0.6 is 11.8 Å². The summed E-state index contributed by atoms with van der Waals surface area (Å²) in [7, 11) is 0. The quantitative estimate of drug-likeness (QED) is 0.443. The number of hydrogen-bond donors (Lipinski definition) is 1. The zero-order valence-corrected chi connectivity index (χ0v) is 17.0. The van der Waals surface area contributed by atoms with Gasteiger partial charge in [-0.1, -0.05) is 49.0 Å². The lowest BCUT2D eigenvalue weighted by Gasteiger charge is -2.13. The summed E-state index contributed by atoms with van der Waals surface area (Å²) < 4.78 is 7.54. The number of carbonyl (C=O) groups excluding carboxylic acids is 1. The van der Waals surface area contributed by atoms with E-state index in [-0.39, 0.29) is 17.7 Å². The summed E-state index contributed by atoms with van der Waals surface area (Å²) in [6.45, 7) is 4.14. The normalized spacial score (nSPS) is 12.2. The van der Waals surface area contributed by atoms with Crippen LogP contribution in [0.4, 0.5) is 5.82 Å². The fraction of sp³-hybridized carbons (Fsp3) is 0.238. The Morgan fingerprint density at radius 2 is 2.00 bits per heavy atom. The number of aromatic nitrogens is 4. The second-order valence-corrected chi connectivity index (χ2v) is 7.62. The van der Waals surface area contributed by atoms with E-state index in [4.69, 9.17) is 4.42 Å². The number of nitrogens with zero attached hydrogens (tertiary/aromatic N) is 4. The molecule has 0 aliphatic heterocycles. The molecule has 0 saturated carbocycles. The lowest BCUT2D eigenvalue weighted by Crippen LogP contribution is -2.18. The largest absolute Gasteiger partial charge is 0.411 e. The molecule has 7 nitrogen and oxygen atoms in total. The maximum atomic E-state index is 12.3. The van der Waals surface area contributed by atoms with Crippen LogP contribution in [0.3, 0.4) is 0 Å². The number of rotatable bonds is 7. The maximum absolute atomic E-state index is 12.3. The topological polar surface area (TPSA) is 85.8 Å². The molecular formula is C21H21N5O2S. The lowest BCUT2D eigenvalue weighted by molar-refractivity contribution is -0.113. The van der Waals surface area contributed by atoms with Crippen molar-refractivity contribution in [3.8, 4) is 11.5 Å². The highest BCUT2D eigenvalue weighted by molar-refractivity contribution is 7.99. The van der Waals surface area contributed by atoms with Crippen LogP contribution in [0.15, 0.2) is 64.4 Å².